The number of benzene rings is 2. The van der Waals surface area contributed by atoms with Gasteiger partial charge in [-0.3, -0.25) is 9.69 Å². The summed E-state index contributed by atoms with van der Waals surface area (Å²) in [5, 5.41) is 9.50. The van der Waals surface area contributed by atoms with Crippen LogP contribution in [0.1, 0.15) is 30.0 Å². The molecule has 126 valence electrons. The molecule has 24 heavy (non-hydrogen) atoms. The zero-order valence-corrected chi connectivity index (χ0v) is 14.3. The van der Waals surface area contributed by atoms with Gasteiger partial charge in [0, 0.05) is 22.6 Å². The molecule has 1 aliphatic rings. The van der Waals surface area contributed by atoms with Crippen LogP contribution in [0.4, 0.5) is 8.78 Å². The Bertz CT molecular complexity index is 768. The van der Waals surface area contributed by atoms with E-state index in [0.717, 1.165) is 22.5 Å². The predicted octanol–water partition coefficient (Wildman–Crippen LogP) is 4.37. The molecule has 0 bridgehead atoms. The number of carbonyl (C=O) groups is 1. The number of aliphatic carboxylic acids is 1. The fraction of sp³-hybridized carbons (Fsp3) is 0.278. The van der Waals surface area contributed by atoms with E-state index in [1.54, 1.807) is 4.90 Å². The van der Waals surface area contributed by atoms with Gasteiger partial charge >= 0.3 is 5.97 Å². The van der Waals surface area contributed by atoms with Gasteiger partial charge in [0.05, 0.1) is 6.04 Å². The first-order valence-electron chi connectivity index (χ1n) is 7.67. The van der Waals surface area contributed by atoms with E-state index in [2.05, 4.69) is 15.9 Å². The van der Waals surface area contributed by atoms with Crippen molar-refractivity contribution in [3.8, 4) is 0 Å². The highest BCUT2D eigenvalue weighted by molar-refractivity contribution is 9.10. The van der Waals surface area contributed by atoms with Crippen molar-refractivity contribution in [1.82, 2.24) is 4.90 Å². The third-order valence-corrected chi connectivity index (χ3v) is 5.09. The summed E-state index contributed by atoms with van der Waals surface area (Å²) in [6.07, 6.45) is 1.24. The molecule has 1 saturated heterocycles. The van der Waals surface area contributed by atoms with Crippen molar-refractivity contribution in [2.75, 3.05) is 6.54 Å². The zero-order valence-electron chi connectivity index (χ0n) is 12.8. The second-order valence-electron chi connectivity index (χ2n) is 5.82. The van der Waals surface area contributed by atoms with Gasteiger partial charge in [0.15, 0.2) is 0 Å². The number of carboxylic acid groups (broad SMARTS) is 1. The maximum Gasteiger partial charge on any atom is 0.320 e. The maximum atomic E-state index is 14.5. The van der Waals surface area contributed by atoms with Gasteiger partial charge in [0.25, 0.3) is 0 Å². The molecule has 1 N–H and O–H groups in total. The van der Waals surface area contributed by atoms with Crippen LogP contribution in [0.25, 0.3) is 0 Å². The quantitative estimate of drug-likeness (QED) is 0.835. The highest BCUT2D eigenvalue weighted by atomic mass is 79.9. The van der Waals surface area contributed by atoms with Gasteiger partial charge in [-0.05, 0) is 30.5 Å². The average molecular weight is 396 g/mol. The van der Waals surface area contributed by atoms with Gasteiger partial charge < -0.3 is 5.11 Å². The van der Waals surface area contributed by atoms with Gasteiger partial charge in [0.2, 0.25) is 0 Å². The Hall–Kier alpha value is -1.79. The smallest absolute Gasteiger partial charge is 0.320 e. The summed E-state index contributed by atoms with van der Waals surface area (Å²) in [5.41, 5.74) is 1.03. The SMILES string of the molecule is O=C(O)C1CCCN1C(c1ccc(F)cc1F)c1ccccc1Br. The lowest BCUT2D eigenvalue weighted by atomic mass is 9.95. The summed E-state index contributed by atoms with van der Waals surface area (Å²) in [6, 6.07) is 9.47. The zero-order chi connectivity index (χ0) is 17.3. The van der Waals surface area contributed by atoms with Crippen molar-refractivity contribution in [1.29, 1.82) is 0 Å². The van der Waals surface area contributed by atoms with E-state index in [1.807, 2.05) is 24.3 Å². The number of hydrogen-bond donors (Lipinski definition) is 1. The Kier molecular flexibility index (Phi) is 4.96. The molecule has 0 radical (unpaired) electrons. The number of hydrogen-bond acceptors (Lipinski definition) is 2. The molecule has 0 amide bonds. The van der Waals surface area contributed by atoms with E-state index >= 15 is 0 Å². The Labute approximate surface area is 147 Å². The second-order valence-corrected chi connectivity index (χ2v) is 6.68. The highest BCUT2D eigenvalue weighted by Gasteiger charge is 2.38. The third kappa shape index (κ3) is 3.21. The minimum Gasteiger partial charge on any atom is -0.480 e. The number of nitrogens with zero attached hydrogens (tertiary/aromatic N) is 1. The molecular weight excluding hydrogens is 380 g/mol. The minimum absolute atomic E-state index is 0.274. The minimum atomic E-state index is -0.924. The summed E-state index contributed by atoms with van der Waals surface area (Å²) < 4.78 is 28.5. The molecule has 1 fully saturated rings. The average Bonchev–Trinajstić information content (AvgIpc) is 3.01. The molecule has 2 unspecified atom stereocenters. The molecule has 1 aliphatic heterocycles. The summed E-state index contributed by atoms with van der Waals surface area (Å²) in [5.74, 6) is -2.25. The first kappa shape index (κ1) is 17.0. The van der Waals surface area contributed by atoms with Crippen LogP contribution >= 0.6 is 15.9 Å². The molecule has 6 heteroatoms. The van der Waals surface area contributed by atoms with Crippen molar-refractivity contribution >= 4 is 21.9 Å². The van der Waals surface area contributed by atoms with Crippen LogP contribution in [0.5, 0.6) is 0 Å². The topological polar surface area (TPSA) is 40.5 Å². The molecule has 0 saturated carbocycles. The highest BCUT2D eigenvalue weighted by Crippen LogP contribution is 2.39. The largest absolute Gasteiger partial charge is 0.480 e. The first-order chi connectivity index (χ1) is 11.5. The fourth-order valence-electron chi connectivity index (χ4n) is 3.31. The molecule has 2 aromatic rings. The fourth-order valence-corrected chi connectivity index (χ4v) is 3.81. The number of rotatable bonds is 4. The summed E-state index contributed by atoms with van der Waals surface area (Å²) >= 11 is 3.47. The second kappa shape index (κ2) is 6.99. The molecule has 3 nitrogen and oxygen atoms in total. The molecule has 2 aromatic carbocycles. The van der Waals surface area contributed by atoms with E-state index in [-0.39, 0.29) is 5.56 Å². The van der Waals surface area contributed by atoms with Gasteiger partial charge in [-0.1, -0.05) is 40.2 Å². The normalized spacial score (nSPS) is 19.4. The lowest BCUT2D eigenvalue weighted by Gasteiger charge is -2.32. The lowest BCUT2D eigenvalue weighted by molar-refractivity contribution is -0.142. The number of carboxylic acids is 1. The monoisotopic (exact) mass is 395 g/mol. The van der Waals surface area contributed by atoms with Gasteiger partial charge in [-0.2, -0.15) is 0 Å². The van der Waals surface area contributed by atoms with Crippen LogP contribution in [0.3, 0.4) is 0 Å². The molecule has 0 aromatic heterocycles. The molecular formula is C18H16BrF2NO2. The Balaban J connectivity index is 2.14. The number of likely N-dealkylation sites (tertiary alicyclic amines) is 1. The summed E-state index contributed by atoms with van der Waals surface area (Å²) in [4.78, 5) is 13.4. The van der Waals surface area contributed by atoms with Gasteiger partial charge in [-0.25, -0.2) is 8.78 Å². The van der Waals surface area contributed by atoms with E-state index < -0.39 is 29.7 Å². The predicted molar refractivity (Wildman–Crippen MR) is 89.7 cm³/mol. The van der Waals surface area contributed by atoms with E-state index in [1.165, 1.54) is 12.1 Å². The van der Waals surface area contributed by atoms with Crippen molar-refractivity contribution in [3.05, 3.63) is 69.7 Å². The standard InChI is InChI=1S/C18H16BrF2NO2/c19-14-5-2-1-4-12(14)17(13-8-7-11(20)10-15(13)21)22-9-3-6-16(22)18(23)24/h1-2,4-5,7-8,10,16-17H,3,6,9H2,(H,23,24). The van der Waals surface area contributed by atoms with Crippen molar-refractivity contribution < 1.29 is 18.7 Å². The first-order valence-corrected chi connectivity index (χ1v) is 8.46. The third-order valence-electron chi connectivity index (χ3n) is 4.37. The van der Waals surface area contributed by atoms with Crippen molar-refractivity contribution in [2.45, 2.75) is 24.9 Å². The van der Waals surface area contributed by atoms with Crippen LogP contribution in [-0.4, -0.2) is 28.6 Å². The number of halogens is 3. The van der Waals surface area contributed by atoms with Gasteiger partial charge in [0.1, 0.15) is 17.7 Å². The Morgan fingerprint density at radius 3 is 2.62 bits per heavy atom. The Morgan fingerprint density at radius 2 is 1.96 bits per heavy atom. The molecule has 0 aliphatic carbocycles. The van der Waals surface area contributed by atoms with Crippen LogP contribution in [-0.2, 0) is 4.79 Å². The molecule has 0 spiro atoms. The van der Waals surface area contributed by atoms with Crippen molar-refractivity contribution in [2.24, 2.45) is 0 Å². The van der Waals surface area contributed by atoms with E-state index in [4.69, 9.17) is 0 Å². The van der Waals surface area contributed by atoms with Crippen LogP contribution in [0.2, 0.25) is 0 Å². The summed E-state index contributed by atoms with van der Waals surface area (Å²) in [6.45, 7) is 0.541. The maximum absolute atomic E-state index is 14.5. The Morgan fingerprint density at radius 1 is 1.21 bits per heavy atom. The van der Waals surface area contributed by atoms with Crippen LogP contribution < -0.4 is 0 Å². The van der Waals surface area contributed by atoms with E-state index in [0.29, 0.717) is 13.0 Å². The van der Waals surface area contributed by atoms with Crippen LogP contribution in [0.15, 0.2) is 46.9 Å². The van der Waals surface area contributed by atoms with Crippen molar-refractivity contribution in [3.63, 3.8) is 0 Å². The molecule has 3 rings (SSSR count). The molecule has 2 atom stereocenters. The molecule has 1 heterocycles. The summed E-state index contributed by atoms with van der Waals surface area (Å²) in [7, 11) is 0. The van der Waals surface area contributed by atoms with E-state index in [9.17, 15) is 18.7 Å². The van der Waals surface area contributed by atoms with Crippen LogP contribution in [0, 0.1) is 11.6 Å². The lowest BCUT2D eigenvalue weighted by Crippen LogP contribution is -2.39. The van der Waals surface area contributed by atoms with Gasteiger partial charge in [-0.15, -0.1) is 0 Å².